The van der Waals surface area contributed by atoms with Crippen molar-refractivity contribution < 1.29 is 18.0 Å². The number of aromatic nitrogens is 2. The average Bonchev–Trinajstić information content (AvgIpc) is 2.79. The van der Waals surface area contributed by atoms with Gasteiger partial charge in [-0.1, -0.05) is 0 Å². The lowest BCUT2D eigenvalue weighted by atomic mass is 10.2. The molecule has 1 unspecified atom stereocenters. The lowest BCUT2D eigenvalue weighted by molar-refractivity contribution is 0.0928. The quantitative estimate of drug-likeness (QED) is 0.865. The van der Waals surface area contributed by atoms with Gasteiger partial charge < -0.3 is 9.73 Å². The van der Waals surface area contributed by atoms with Gasteiger partial charge in [0.25, 0.3) is 5.91 Å². The number of carbonyl (C=O) groups excluding carboxylic acids is 1. The summed E-state index contributed by atoms with van der Waals surface area (Å²) in [6.07, 6.45) is 2.53. The molecule has 0 fully saturated rings. The second kappa shape index (κ2) is 5.13. The first-order chi connectivity index (χ1) is 8.99. The summed E-state index contributed by atoms with van der Waals surface area (Å²) in [5, 5.41) is 2.46. The molecule has 19 heavy (non-hydrogen) atoms. The molecule has 100 valence electrons. The molecule has 1 amide bonds. The van der Waals surface area contributed by atoms with Crippen LogP contribution in [0.25, 0.3) is 0 Å². The van der Waals surface area contributed by atoms with Crippen molar-refractivity contribution in [2.45, 2.75) is 19.9 Å². The monoisotopic (exact) mass is 267 g/mol. The highest BCUT2D eigenvalue weighted by molar-refractivity contribution is 5.94. The second-order valence-electron chi connectivity index (χ2n) is 3.97. The fraction of sp³-hybridized carbons (Fsp3) is 0.250. The molecule has 0 saturated carbocycles. The predicted octanol–water partition coefficient (Wildman–Crippen LogP) is 2.15. The third-order valence-corrected chi connectivity index (χ3v) is 2.45. The number of aryl methyl sites for hydroxylation is 1. The summed E-state index contributed by atoms with van der Waals surface area (Å²) < 4.78 is 31.5. The summed E-state index contributed by atoms with van der Waals surface area (Å²) in [5.74, 6) is -2.47. The summed E-state index contributed by atoms with van der Waals surface area (Å²) in [4.78, 5) is 18.8. The molecule has 2 rings (SSSR count). The van der Waals surface area contributed by atoms with E-state index in [1.165, 1.54) is 6.20 Å². The van der Waals surface area contributed by atoms with Crippen LogP contribution in [0, 0.1) is 18.7 Å². The van der Waals surface area contributed by atoms with Crippen LogP contribution in [0.3, 0.4) is 0 Å². The molecule has 0 saturated heterocycles. The molecule has 0 radical (unpaired) electrons. The number of nitrogens with one attached hydrogen (secondary N) is 1. The number of oxazole rings is 1. The largest absolute Gasteiger partial charge is 0.444 e. The topological polar surface area (TPSA) is 68.0 Å². The number of pyridine rings is 1. The summed E-state index contributed by atoms with van der Waals surface area (Å²) >= 11 is 0. The van der Waals surface area contributed by atoms with E-state index in [2.05, 4.69) is 15.3 Å². The Morgan fingerprint density at radius 2 is 2.16 bits per heavy atom. The van der Waals surface area contributed by atoms with Crippen LogP contribution in [0.4, 0.5) is 8.78 Å². The van der Waals surface area contributed by atoms with E-state index in [4.69, 9.17) is 4.42 Å². The van der Waals surface area contributed by atoms with Crippen molar-refractivity contribution in [1.29, 1.82) is 0 Å². The Bertz CT molecular complexity index is 613. The third kappa shape index (κ3) is 2.75. The molecule has 2 heterocycles. The highest BCUT2D eigenvalue weighted by atomic mass is 19.2. The number of amides is 1. The van der Waals surface area contributed by atoms with Crippen molar-refractivity contribution in [3.63, 3.8) is 0 Å². The Morgan fingerprint density at radius 3 is 2.79 bits per heavy atom. The van der Waals surface area contributed by atoms with Gasteiger partial charge in [0.1, 0.15) is 11.8 Å². The first kappa shape index (κ1) is 13.1. The highest BCUT2D eigenvalue weighted by Crippen LogP contribution is 2.14. The Hall–Kier alpha value is -2.31. The number of hydrogen-bond acceptors (Lipinski definition) is 4. The first-order valence-corrected chi connectivity index (χ1v) is 5.52. The number of halogens is 2. The summed E-state index contributed by atoms with van der Waals surface area (Å²) in [7, 11) is 0. The number of nitrogens with zero attached hydrogens (tertiary/aromatic N) is 2. The number of carbonyl (C=O) groups is 1. The van der Waals surface area contributed by atoms with Gasteiger partial charge in [0, 0.05) is 6.20 Å². The van der Waals surface area contributed by atoms with Crippen LogP contribution in [0.5, 0.6) is 0 Å². The molecule has 2 aromatic rings. The van der Waals surface area contributed by atoms with Crippen LogP contribution in [-0.4, -0.2) is 15.9 Å². The van der Waals surface area contributed by atoms with Crippen molar-refractivity contribution in [1.82, 2.24) is 15.3 Å². The molecule has 1 atom stereocenters. The highest BCUT2D eigenvalue weighted by Gasteiger charge is 2.20. The summed E-state index contributed by atoms with van der Waals surface area (Å²) in [5.41, 5.74) is -0.414. The van der Waals surface area contributed by atoms with Crippen LogP contribution >= 0.6 is 0 Å². The van der Waals surface area contributed by atoms with Gasteiger partial charge >= 0.3 is 0 Å². The van der Waals surface area contributed by atoms with Gasteiger partial charge in [0.05, 0.1) is 11.8 Å². The molecule has 0 aromatic carbocycles. The molecule has 0 aliphatic heterocycles. The minimum absolute atomic E-state index is 0.292. The molecule has 0 aliphatic rings. The standard InChI is InChI=1S/C12H11F2N3O2/c1-6-5-16-12(19-6)7(2)17-11(18)8-3-4-15-10(14)9(8)13/h3-5,7H,1-2H3,(H,17,18). The maximum atomic E-state index is 13.4. The van der Waals surface area contributed by atoms with Gasteiger partial charge in [-0.2, -0.15) is 4.39 Å². The maximum absolute atomic E-state index is 13.4. The SMILES string of the molecule is Cc1cnc(C(C)NC(=O)c2ccnc(F)c2F)o1. The smallest absolute Gasteiger partial charge is 0.255 e. The average molecular weight is 267 g/mol. The lowest BCUT2D eigenvalue weighted by Gasteiger charge is -2.10. The van der Waals surface area contributed by atoms with E-state index in [0.29, 0.717) is 11.7 Å². The van der Waals surface area contributed by atoms with Crippen LogP contribution in [0.15, 0.2) is 22.9 Å². The van der Waals surface area contributed by atoms with E-state index in [0.717, 1.165) is 12.3 Å². The van der Waals surface area contributed by atoms with Crippen LogP contribution in [0.2, 0.25) is 0 Å². The number of rotatable bonds is 3. The maximum Gasteiger partial charge on any atom is 0.255 e. The number of hydrogen-bond donors (Lipinski definition) is 1. The summed E-state index contributed by atoms with van der Waals surface area (Å²) in [6.45, 7) is 3.33. The molecular weight excluding hydrogens is 256 g/mol. The zero-order valence-corrected chi connectivity index (χ0v) is 10.3. The van der Waals surface area contributed by atoms with Crippen LogP contribution in [0.1, 0.15) is 35.0 Å². The van der Waals surface area contributed by atoms with E-state index in [1.54, 1.807) is 13.8 Å². The van der Waals surface area contributed by atoms with Crippen LogP contribution in [-0.2, 0) is 0 Å². The second-order valence-corrected chi connectivity index (χ2v) is 3.97. The van der Waals surface area contributed by atoms with E-state index in [1.807, 2.05) is 0 Å². The third-order valence-electron chi connectivity index (χ3n) is 2.45. The predicted molar refractivity (Wildman–Crippen MR) is 61.3 cm³/mol. The van der Waals surface area contributed by atoms with Gasteiger partial charge in [0.15, 0.2) is 5.82 Å². The van der Waals surface area contributed by atoms with E-state index >= 15 is 0 Å². The van der Waals surface area contributed by atoms with Gasteiger partial charge in [-0.05, 0) is 19.9 Å². The minimum Gasteiger partial charge on any atom is -0.444 e. The summed E-state index contributed by atoms with van der Waals surface area (Å²) in [6, 6.07) is 0.540. The Balaban J connectivity index is 2.15. The Kier molecular flexibility index (Phi) is 3.55. The zero-order valence-electron chi connectivity index (χ0n) is 10.3. The van der Waals surface area contributed by atoms with E-state index < -0.39 is 29.3 Å². The van der Waals surface area contributed by atoms with Crippen molar-refractivity contribution in [2.75, 3.05) is 0 Å². The van der Waals surface area contributed by atoms with Gasteiger partial charge in [-0.25, -0.2) is 14.4 Å². The van der Waals surface area contributed by atoms with Gasteiger partial charge in [-0.15, -0.1) is 0 Å². The zero-order chi connectivity index (χ0) is 14.0. The van der Waals surface area contributed by atoms with Crippen molar-refractivity contribution in [3.8, 4) is 0 Å². The minimum atomic E-state index is -1.31. The Morgan fingerprint density at radius 1 is 1.42 bits per heavy atom. The molecule has 0 spiro atoms. The normalized spacial score (nSPS) is 12.2. The lowest BCUT2D eigenvalue weighted by Crippen LogP contribution is -2.28. The van der Waals surface area contributed by atoms with Gasteiger partial charge in [0.2, 0.25) is 11.8 Å². The van der Waals surface area contributed by atoms with Gasteiger partial charge in [-0.3, -0.25) is 4.79 Å². The molecule has 0 bridgehead atoms. The Labute approximate surface area is 107 Å². The van der Waals surface area contributed by atoms with Crippen molar-refractivity contribution in [2.24, 2.45) is 0 Å². The molecule has 7 heteroatoms. The van der Waals surface area contributed by atoms with Crippen molar-refractivity contribution in [3.05, 3.63) is 47.4 Å². The van der Waals surface area contributed by atoms with E-state index in [9.17, 15) is 13.6 Å². The van der Waals surface area contributed by atoms with Crippen LogP contribution < -0.4 is 5.32 Å². The molecule has 2 aromatic heterocycles. The molecular formula is C12H11F2N3O2. The van der Waals surface area contributed by atoms with Crippen molar-refractivity contribution >= 4 is 5.91 Å². The molecule has 5 nitrogen and oxygen atoms in total. The molecule has 0 aliphatic carbocycles. The molecule has 1 N–H and O–H groups in total. The first-order valence-electron chi connectivity index (χ1n) is 5.52. The fourth-order valence-corrected chi connectivity index (χ4v) is 1.50. The van der Waals surface area contributed by atoms with E-state index in [-0.39, 0.29) is 0 Å². The fourth-order valence-electron chi connectivity index (χ4n) is 1.50.